The van der Waals surface area contributed by atoms with Gasteiger partial charge in [0.1, 0.15) is 35.9 Å². The van der Waals surface area contributed by atoms with Crippen molar-refractivity contribution < 1.29 is 42.7 Å². The molecule has 34 heavy (non-hydrogen) atoms. The lowest BCUT2D eigenvalue weighted by atomic mass is 9.96. The topological polar surface area (TPSA) is 164 Å². The summed E-state index contributed by atoms with van der Waals surface area (Å²) in [7, 11) is -2.05. The first-order valence-corrected chi connectivity index (χ1v) is 12.2. The molecule has 2 aromatic rings. The highest BCUT2D eigenvalue weighted by atomic mass is 32.2. The molecule has 1 amide bonds. The number of carbonyl (C=O) groups is 1. The molecule has 1 heterocycles. The van der Waals surface area contributed by atoms with Gasteiger partial charge in [-0.1, -0.05) is 18.2 Å². The van der Waals surface area contributed by atoms with Crippen LogP contribution >= 0.6 is 0 Å². The molecule has 5 N–H and O–H groups in total. The number of amides is 1. The zero-order valence-electron chi connectivity index (χ0n) is 18.8. The van der Waals surface area contributed by atoms with Gasteiger partial charge in [0.15, 0.2) is 0 Å². The van der Waals surface area contributed by atoms with E-state index in [1.807, 2.05) is 0 Å². The maximum atomic E-state index is 11.7. The second-order valence-corrected chi connectivity index (χ2v) is 9.59. The maximum absolute atomic E-state index is 11.7. The number of sulfonamides is 1. The summed E-state index contributed by atoms with van der Waals surface area (Å²) >= 11 is 0. The summed E-state index contributed by atoms with van der Waals surface area (Å²) in [5.74, 6) is 0.151. The maximum Gasteiger partial charge on any atom is 0.229 e. The molecule has 2 aromatic carbocycles. The van der Waals surface area contributed by atoms with Crippen LogP contribution in [0.15, 0.2) is 42.5 Å². The van der Waals surface area contributed by atoms with Gasteiger partial charge in [-0.15, -0.1) is 0 Å². The quantitative estimate of drug-likeness (QED) is 0.340. The number of hydrogen-bond donors (Lipinski definition) is 5. The second-order valence-electron chi connectivity index (χ2n) is 7.84. The molecule has 1 aliphatic rings. The zero-order chi connectivity index (χ0) is 25.0. The van der Waals surface area contributed by atoms with Crippen molar-refractivity contribution >= 4 is 21.6 Å². The molecule has 0 saturated carbocycles. The Morgan fingerprint density at radius 1 is 1.12 bits per heavy atom. The molecule has 0 spiro atoms. The van der Waals surface area contributed by atoms with Gasteiger partial charge in [0.25, 0.3) is 0 Å². The average molecular weight is 497 g/mol. The first kappa shape index (κ1) is 25.7. The van der Waals surface area contributed by atoms with Crippen molar-refractivity contribution in [1.82, 2.24) is 5.32 Å². The van der Waals surface area contributed by atoms with Gasteiger partial charge < -0.3 is 34.8 Å². The molecule has 1 saturated heterocycles. The molecule has 5 atom stereocenters. The van der Waals surface area contributed by atoms with Gasteiger partial charge in [-0.05, 0) is 29.8 Å². The van der Waals surface area contributed by atoms with Crippen LogP contribution in [0.5, 0.6) is 11.5 Å². The van der Waals surface area contributed by atoms with Crippen molar-refractivity contribution in [3.8, 4) is 22.6 Å². The number of anilines is 1. The van der Waals surface area contributed by atoms with Crippen LogP contribution in [0, 0.1) is 0 Å². The molecule has 2 unspecified atom stereocenters. The summed E-state index contributed by atoms with van der Waals surface area (Å²) in [6.45, 7) is 0.653. The third kappa shape index (κ3) is 5.96. The van der Waals surface area contributed by atoms with Crippen molar-refractivity contribution in [3.63, 3.8) is 0 Å². The number of benzene rings is 2. The fourth-order valence-corrected chi connectivity index (χ4v) is 4.27. The van der Waals surface area contributed by atoms with E-state index in [9.17, 15) is 28.5 Å². The number of nitrogens with one attached hydrogen (secondary N) is 2. The average Bonchev–Trinajstić information content (AvgIpc) is 2.77. The summed E-state index contributed by atoms with van der Waals surface area (Å²) in [5, 5.41) is 32.8. The Hall–Kier alpha value is -2.90. The van der Waals surface area contributed by atoms with Gasteiger partial charge >= 0.3 is 0 Å². The third-order valence-electron chi connectivity index (χ3n) is 5.16. The van der Waals surface area contributed by atoms with E-state index < -0.39 is 53.2 Å². The molecule has 0 bridgehead atoms. The van der Waals surface area contributed by atoms with E-state index in [0.29, 0.717) is 22.6 Å². The Kier molecular flexibility index (Phi) is 8.00. The third-order valence-corrected chi connectivity index (χ3v) is 5.76. The van der Waals surface area contributed by atoms with Gasteiger partial charge in [-0.2, -0.15) is 0 Å². The normalized spacial score (nSPS) is 24.8. The zero-order valence-corrected chi connectivity index (χ0v) is 19.7. The second kappa shape index (κ2) is 10.6. The molecule has 1 aliphatic heterocycles. The van der Waals surface area contributed by atoms with Crippen LogP contribution < -0.4 is 19.5 Å². The minimum Gasteiger partial charge on any atom is -0.496 e. The van der Waals surface area contributed by atoms with Crippen LogP contribution in [0.4, 0.5) is 5.69 Å². The molecular weight excluding hydrogens is 468 g/mol. The Balaban J connectivity index is 2.04. The Morgan fingerprint density at radius 2 is 1.79 bits per heavy atom. The van der Waals surface area contributed by atoms with Crippen LogP contribution in [0.3, 0.4) is 0 Å². The van der Waals surface area contributed by atoms with Gasteiger partial charge in [0.05, 0.1) is 25.5 Å². The van der Waals surface area contributed by atoms with E-state index in [4.69, 9.17) is 14.2 Å². The predicted octanol–water partition coefficient (Wildman–Crippen LogP) is 0.0562. The first-order chi connectivity index (χ1) is 16.0. The van der Waals surface area contributed by atoms with Crippen molar-refractivity contribution in [2.75, 3.05) is 24.7 Å². The van der Waals surface area contributed by atoms with Crippen LogP contribution in [-0.4, -0.2) is 80.3 Å². The van der Waals surface area contributed by atoms with Crippen molar-refractivity contribution in [2.45, 2.75) is 37.6 Å². The highest BCUT2D eigenvalue weighted by molar-refractivity contribution is 7.92. The number of carbonyl (C=O) groups excluding carboxylic acids is 1. The van der Waals surface area contributed by atoms with Crippen LogP contribution in [0.25, 0.3) is 11.1 Å². The smallest absolute Gasteiger partial charge is 0.229 e. The summed E-state index contributed by atoms with van der Waals surface area (Å²) in [6, 6.07) is 10.3. The van der Waals surface area contributed by atoms with Crippen molar-refractivity contribution in [3.05, 3.63) is 42.5 Å². The summed E-state index contributed by atoms with van der Waals surface area (Å²) in [6.07, 6.45) is -4.32. The lowest BCUT2D eigenvalue weighted by Gasteiger charge is -2.42. The van der Waals surface area contributed by atoms with E-state index >= 15 is 0 Å². The summed E-state index contributed by atoms with van der Waals surface area (Å²) in [4.78, 5) is 11.7. The standard InChI is InChI=1S/C22H28N2O9S/c1-12(26)23-19-21(28)20(27)17(11-25)33-22(19)32-16-9-5-8-15(31-2)18(16)13-6-4-7-14(10-13)24-34(3,29)30/h4-10,17,19-22,24-25,27-28H,11H2,1-3H3,(H,23,26)/t17?,19-,20-,21?,22+/m0/s1. The van der Waals surface area contributed by atoms with E-state index in [0.717, 1.165) is 6.26 Å². The fourth-order valence-electron chi connectivity index (χ4n) is 3.71. The molecule has 186 valence electrons. The minimum atomic E-state index is -3.51. The van der Waals surface area contributed by atoms with Gasteiger partial charge in [0.2, 0.25) is 22.2 Å². The molecule has 1 fully saturated rings. The lowest BCUT2D eigenvalue weighted by Crippen LogP contribution is -2.65. The molecule has 12 heteroatoms. The van der Waals surface area contributed by atoms with Gasteiger partial charge in [-0.3, -0.25) is 9.52 Å². The highest BCUT2D eigenvalue weighted by Gasteiger charge is 2.46. The molecule has 0 radical (unpaired) electrons. The summed E-state index contributed by atoms with van der Waals surface area (Å²) < 4.78 is 42.9. The monoisotopic (exact) mass is 496 g/mol. The van der Waals surface area contributed by atoms with Crippen LogP contribution in [-0.2, 0) is 19.6 Å². The van der Waals surface area contributed by atoms with Gasteiger partial charge in [-0.25, -0.2) is 8.42 Å². The number of aliphatic hydroxyl groups excluding tert-OH is 3. The van der Waals surface area contributed by atoms with Crippen molar-refractivity contribution in [1.29, 1.82) is 0 Å². The molecule has 3 rings (SSSR count). The summed E-state index contributed by atoms with van der Waals surface area (Å²) in [5.41, 5.74) is 1.32. The minimum absolute atomic E-state index is 0.233. The van der Waals surface area contributed by atoms with Crippen LogP contribution in [0.2, 0.25) is 0 Å². The first-order valence-electron chi connectivity index (χ1n) is 10.4. The molecule has 0 aliphatic carbocycles. The molecule has 11 nitrogen and oxygen atoms in total. The number of rotatable bonds is 8. The predicted molar refractivity (Wildman–Crippen MR) is 123 cm³/mol. The number of hydrogen-bond acceptors (Lipinski definition) is 9. The molecule has 0 aromatic heterocycles. The van der Waals surface area contributed by atoms with Gasteiger partial charge in [0, 0.05) is 12.6 Å². The van der Waals surface area contributed by atoms with E-state index in [1.165, 1.54) is 14.0 Å². The largest absolute Gasteiger partial charge is 0.496 e. The Morgan fingerprint density at radius 3 is 2.41 bits per heavy atom. The van der Waals surface area contributed by atoms with Crippen molar-refractivity contribution in [2.24, 2.45) is 0 Å². The van der Waals surface area contributed by atoms with E-state index in [-0.39, 0.29) is 5.75 Å². The molecular formula is C22H28N2O9S. The Labute approximate surface area is 197 Å². The SMILES string of the molecule is COc1cccc(O[C@@H]2OC(CO)[C@H](O)C(O)[C@@H]2NC(C)=O)c1-c1cccc(NS(C)(=O)=O)c1. The number of methoxy groups -OCH3 is 1. The van der Waals surface area contributed by atoms with E-state index in [1.54, 1.807) is 42.5 Å². The highest BCUT2D eigenvalue weighted by Crippen LogP contribution is 2.40. The number of ether oxygens (including phenoxy) is 3. The fraction of sp³-hybridized carbons (Fsp3) is 0.409. The van der Waals surface area contributed by atoms with Crippen LogP contribution in [0.1, 0.15) is 6.92 Å². The van der Waals surface area contributed by atoms with E-state index in [2.05, 4.69) is 10.0 Å². The number of aliphatic hydroxyl groups is 3. The lowest BCUT2D eigenvalue weighted by molar-refractivity contribution is -0.244. The Bertz CT molecular complexity index is 1130.